The molecule has 7 nitrogen and oxygen atoms in total. The number of hydrogen-bond donors (Lipinski definition) is 0. The number of hydrogen-bond acceptors (Lipinski definition) is 7. The van der Waals surface area contributed by atoms with E-state index in [-0.39, 0.29) is 12.2 Å². The van der Waals surface area contributed by atoms with Crippen LogP contribution in [0.4, 0.5) is 5.69 Å². The highest BCUT2D eigenvalue weighted by Gasteiger charge is 2.11. The van der Waals surface area contributed by atoms with Crippen molar-refractivity contribution in [2.24, 2.45) is 0 Å². The highest BCUT2D eigenvalue weighted by molar-refractivity contribution is 5.93. The number of carbonyl (C=O) groups is 1. The van der Waals surface area contributed by atoms with Crippen molar-refractivity contribution in [2.75, 3.05) is 40.3 Å². The van der Waals surface area contributed by atoms with E-state index in [4.69, 9.17) is 18.9 Å². The summed E-state index contributed by atoms with van der Waals surface area (Å²) in [5.74, 6) is 1.35. The van der Waals surface area contributed by atoms with Crippen LogP contribution in [0.5, 0.6) is 17.2 Å². The molecule has 33 heavy (non-hydrogen) atoms. The van der Waals surface area contributed by atoms with Crippen molar-refractivity contribution in [1.29, 1.82) is 5.26 Å². The van der Waals surface area contributed by atoms with Crippen molar-refractivity contribution in [1.82, 2.24) is 0 Å². The Morgan fingerprint density at radius 2 is 1.61 bits per heavy atom. The van der Waals surface area contributed by atoms with E-state index in [1.807, 2.05) is 43.3 Å². The summed E-state index contributed by atoms with van der Waals surface area (Å²) >= 11 is 0. The molecule has 0 bridgehead atoms. The SMILES string of the molecule is COc1ccc(COC(=O)/C(C#N)=C/C=C/C=C/c2c(OC)cc(N(C)C)cc2OC)cc1. The Bertz CT molecular complexity index is 1050. The molecule has 0 saturated carbocycles. The first-order chi connectivity index (χ1) is 15.9. The van der Waals surface area contributed by atoms with Gasteiger partial charge in [-0.1, -0.05) is 30.4 Å². The standard InChI is InChI=1S/C26H28N2O5/c1-28(2)21-15-24(31-4)23(25(16-21)32-5)10-8-6-7-9-20(17-27)26(29)33-18-19-11-13-22(30-3)14-12-19/h6-16H,18H2,1-5H3/b7-6+,10-8+,20-9+. The maximum atomic E-state index is 12.2. The van der Waals surface area contributed by atoms with Crippen LogP contribution < -0.4 is 19.1 Å². The number of anilines is 1. The van der Waals surface area contributed by atoms with Crippen LogP contribution >= 0.6 is 0 Å². The molecular formula is C26H28N2O5. The Morgan fingerprint density at radius 3 is 2.12 bits per heavy atom. The number of rotatable bonds is 10. The van der Waals surface area contributed by atoms with Crippen LogP contribution in [0, 0.1) is 11.3 Å². The Kier molecular flexibility index (Phi) is 9.59. The molecule has 0 saturated heterocycles. The van der Waals surface area contributed by atoms with Crippen LogP contribution in [-0.4, -0.2) is 41.4 Å². The molecular weight excluding hydrogens is 420 g/mol. The minimum absolute atomic E-state index is 0.0635. The second kappa shape index (κ2) is 12.6. The van der Waals surface area contributed by atoms with Gasteiger partial charge in [0.15, 0.2) is 0 Å². The molecule has 0 unspecified atom stereocenters. The second-order valence-corrected chi connectivity index (χ2v) is 7.02. The maximum Gasteiger partial charge on any atom is 0.349 e. The topological polar surface area (TPSA) is 81.0 Å². The van der Waals surface area contributed by atoms with Gasteiger partial charge in [0.25, 0.3) is 0 Å². The van der Waals surface area contributed by atoms with E-state index in [0.717, 1.165) is 16.8 Å². The van der Waals surface area contributed by atoms with Crippen LogP contribution in [0.3, 0.4) is 0 Å². The molecule has 2 rings (SSSR count). The fourth-order valence-electron chi connectivity index (χ4n) is 2.81. The molecule has 0 amide bonds. The molecule has 0 N–H and O–H groups in total. The molecule has 0 heterocycles. The van der Waals surface area contributed by atoms with Crippen LogP contribution in [-0.2, 0) is 16.1 Å². The quantitative estimate of drug-likeness (QED) is 0.228. The van der Waals surface area contributed by atoms with Crippen molar-refractivity contribution in [2.45, 2.75) is 6.61 Å². The molecule has 172 valence electrons. The zero-order valence-corrected chi connectivity index (χ0v) is 19.5. The number of carbonyl (C=O) groups excluding carboxylic acids is 1. The van der Waals surface area contributed by atoms with E-state index in [1.165, 1.54) is 6.08 Å². The van der Waals surface area contributed by atoms with Crippen molar-refractivity contribution >= 4 is 17.7 Å². The van der Waals surface area contributed by atoms with Gasteiger partial charge in [-0.2, -0.15) is 5.26 Å². The lowest BCUT2D eigenvalue weighted by Crippen LogP contribution is -2.09. The first kappa shape index (κ1) is 25.1. The van der Waals surface area contributed by atoms with E-state index >= 15 is 0 Å². The monoisotopic (exact) mass is 448 g/mol. The third kappa shape index (κ3) is 7.18. The van der Waals surface area contributed by atoms with Crippen LogP contribution in [0.2, 0.25) is 0 Å². The van der Waals surface area contributed by atoms with Crippen molar-refractivity contribution < 1.29 is 23.7 Å². The summed E-state index contributed by atoms with van der Waals surface area (Å²) in [6, 6.07) is 12.8. The van der Waals surface area contributed by atoms with E-state index in [1.54, 1.807) is 63.8 Å². The number of nitriles is 1. The van der Waals surface area contributed by atoms with Gasteiger partial charge in [0.1, 0.15) is 35.5 Å². The lowest BCUT2D eigenvalue weighted by molar-refractivity contribution is -0.139. The first-order valence-electron chi connectivity index (χ1n) is 10.1. The second-order valence-electron chi connectivity index (χ2n) is 7.02. The summed E-state index contributed by atoms with van der Waals surface area (Å²) in [6.07, 6.45) is 8.30. The fraction of sp³-hybridized carbons (Fsp3) is 0.231. The molecule has 0 radical (unpaired) electrons. The largest absolute Gasteiger partial charge is 0.497 e. The van der Waals surface area contributed by atoms with Gasteiger partial charge in [-0.3, -0.25) is 0 Å². The van der Waals surface area contributed by atoms with E-state index in [2.05, 4.69) is 0 Å². The van der Waals surface area contributed by atoms with Gasteiger partial charge in [0.2, 0.25) is 0 Å². The summed E-state index contributed by atoms with van der Waals surface area (Å²) in [5, 5.41) is 9.28. The normalized spacial score (nSPS) is 11.3. The third-order valence-electron chi connectivity index (χ3n) is 4.66. The van der Waals surface area contributed by atoms with E-state index in [9.17, 15) is 10.1 Å². The average molecular weight is 449 g/mol. The minimum atomic E-state index is -0.690. The Hall–Kier alpha value is -4.18. The van der Waals surface area contributed by atoms with Gasteiger partial charge >= 0.3 is 5.97 Å². The maximum absolute atomic E-state index is 12.2. The lowest BCUT2D eigenvalue weighted by atomic mass is 10.1. The predicted molar refractivity (Wildman–Crippen MR) is 129 cm³/mol. The van der Waals surface area contributed by atoms with Crippen molar-refractivity contribution in [3.8, 4) is 23.3 Å². The van der Waals surface area contributed by atoms with Crippen molar-refractivity contribution in [3.63, 3.8) is 0 Å². The zero-order chi connectivity index (χ0) is 24.2. The average Bonchev–Trinajstić information content (AvgIpc) is 2.84. The number of methoxy groups -OCH3 is 3. The van der Waals surface area contributed by atoms with Gasteiger partial charge in [0, 0.05) is 31.9 Å². The number of nitrogens with zero attached hydrogens (tertiary/aromatic N) is 2. The van der Waals surface area contributed by atoms with Gasteiger partial charge in [-0.25, -0.2) is 4.79 Å². The molecule has 0 aliphatic heterocycles. The summed E-state index contributed by atoms with van der Waals surface area (Å²) in [7, 11) is 8.65. The highest BCUT2D eigenvalue weighted by Crippen LogP contribution is 2.35. The fourth-order valence-corrected chi connectivity index (χ4v) is 2.81. The number of allylic oxidation sites excluding steroid dienone is 4. The lowest BCUT2D eigenvalue weighted by Gasteiger charge is -2.17. The summed E-state index contributed by atoms with van der Waals surface area (Å²) in [6.45, 7) is 0.0635. The number of benzene rings is 2. The van der Waals surface area contributed by atoms with Gasteiger partial charge in [-0.05, 0) is 29.8 Å². The van der Waals surface area contributed by atoms with Gasteiger partial charge < -0.3 is 23.8 Å². The Morgan fingerprint density at radius 1 is 0.970 bits per heavy atom. The number of esters is 1. The van der Waals surface area contributed by atoms with Gasteiger partial charge in [-0.15, -0.1) is 0 Å². The molecule has 0 aliphatic carbocycles. The smallest absolute Gasteiger partial charge is 0.349 e. The summed E-state index contributed by atoms with van der Waals surface area (Å²) < 4.78 is 21.3. The molecule has 0 fully saturated rings. The molecule has 0 aliphatic rings. The molecule has 0 aromatic heterocycles. The molecule has 0 atom stereocenters. The van der Waals surface area contributed by atoms with Crippen LogP contribution in [0.15, 0.2) is 66.3 Å². The van der Waals surface area contributed by atoms with Crippen LogP contribution in [0.25, 0.3) is 6.08 Å². The van der Waals surface area contributed by atoms with Gasteiger partial charge in [0.05, 0.1) is 26.9 Å². The van der Waals surface area contributed by atoms with Crippen molar-refractivity contribution in [3.05, 3.63) is 77.4 Å². The molecule has 2 aromatic carbocycles. The highest BCUT2D eigenvalue weighted by atomic mass is 16.5. The Labute approximate surface area is 194 Å². The first-order valence-corrected chi connectivity index (χ1v) is 10.1. The third-order valence-corrected chi connectivity index (χ3v) is 4.66. The number of ether oxygens (including phenoxy) is 4. The minimum Gasteiger partial charge on any atom is -0.497 e. The molecule has 7 heteroatoms. The summed E-state index contributed by atoms with van der Waals surface area (Å²) in [5.41, 5.74) is 2.42. The van der Waals surface area contributed by atoms with E-state index < -0.39 is 5.97 Å². The predicted octanol–water partition coefficient (Wildman–Crippen LogP) is 4.54. The zero-order valence-electron chi connectivity index (χ0n) is 19.5. The summed E-state index contributed by atoms with van der Waals surface area (Å²) in [4.78, 5) is 14.1. The molecule has 2 aromatic rings. The Balaban J connectivity index is 2.06. The van der Waals surface area contributed by atoms with E-state index in [0.29, 0.717) is 17.2 Å². The van der Waals surface area contributed by atoms with Crippen LogP contribution in [0.1, 0.15) is 11.1 Å². The molecule has 0 spiro atoms.